The van der Waals surface area contributed by atoms with Gasteiger partial charge in [-0.25, -0.2) is 0 Å². The molecule has 3 unspecified atom stereocenters. The van der Waals surface area contributed by atoms with E-state index < -0.39 is 34.6 Å². The third-order valence-corrected chi connectivity index (χ3v) is 9.42. The van der Waals surface area contributed by atoms with Gasteiger partial charge in [-0.2, -0.15) is 26.3 Å². The quantitative estimate of drug-likeness (QED) is 0.203. The van der Waals surface area contributed by atoms with Crippen molar-refractivity contribution in [2.24, 2.45) is 9.98 Å². The van der Waals surface area contributed by atoms with Crippen LogP contribution in [0, 0.1) is 0 Å². The highest BCUT2D eigenvalue weighted by Gasteiger charge is 2.53. The third kappa shape index (κ3) is 5.44. The molecule has 0 bridgehead atoms. The van der Waals surface area contributed by atoms with E-state index in [0.717, 1.165) is 35.0 Å². The number of alkyl halides is 6. The van der Waals surface area contributed by atoms with E-state index in [4.69, 9.17) is 14.5 Å². The van der Waals surface area contributed by atoms with Gasteiger partial charge in [-0.3, -0.25) is 9.98 Å². The van der Waals surface area contributed by atoms with Crippen LogP contribution < -0.4 is 10.6 Å². The number of nitrogens with one attached hydrogen (secondary N) is 2. The van der Waals surface area contributed by atoms with Gasteiger partial charge in [-0.05, 0) is 53.5 Å². The molecule has 2 aliphatic carbocycles. The Morgan fingerprint density at radius 2 is 1.71 bits per heavy atom. The van der Waals surface area contributed by atoms with Gasteiger partial charge in [0.1, 0.15) is 11.2 Å². The number of guanidine groups is 1. The zero-order valence-corrected chi connectivity index (χ0v) is 25.6. The molecule has 0 saturated carbocycles. The number of hydrogen-bond acceptors (Lipinski definition) is 4. The van der Waals surface area contributed by atoms with Crippen molar-refractivity contribution in [3.05, 3.63) is 136 Å². The molecule has 2 N–H and O–H groups in total. The van der Waals surface area contributed by atoms with Gasteiger partial charge >= 0.3 is 12.4 Å². The zero-order valence-electron chi connectivity index (χ0n) is 25.6. The van der Waals surface area contributed by atoms with Crippen LogP contribution in [0.4, 0.5) is 26.3 Å². The van der Waals surface area contributed by atoms with Crippen LogP contribution in [-0.4, -0.2) is 35.0 Å². The first-order chi connectivity index (χ1) is 23.5. The number of aromatic nitrogens is 1. The number of hydrogen-bond donors (Lipinski definition) is 2. The highest BCUT2D eigenvalue weighted by molar-refractivity contribution is 6.13. The Hall–Kier alpha value is -5.39. The van der Waals surface area contributed by atoms with E-state index >= 15 is 0 Å². The van der Waals surface area contributed by atoms with Crippen molar-refractivity contribution < 1.29 is 30.9 Å². The van der Waals surface area contributed by atoms with E-state index in [1.165, 1.54) is 11.6 Å². The molecule has 1 aromatic heterocycles. The fourth-order valence-corrected chi connectivity index (χ4v) is 7.17. The molecule has 0 amide bonds. The van der Waals surface area contributed by atoms with Crippen molar-refractivity contribution in [2.45, 2.75) is 42.7 Å². The summed E-state index contributed by atoms with van der Waals surface area (Å²) >= 11 is 0. The molecule has 4 aliphatic rings. The topological polar surface area (TPSA) is 74.8 Å². The smallest absolute Gasteiger partial charge is 0.356 e. The highest BCUT2D eigenvalue weighted by atomic mass is 19.4. The molecular weight excluding hydrogens is 644 g/mol. The Morgan fingerprint density at radius 3 is 2.51 bits per heavy atom. The maximum atomic E-state index is 14.0. The van der Waals surface area contributed by atoms with E-state index in [9.17, 15) is 26.3 Å². The van der Waals surface area contributed by atoms with Gasteiger partial charge in [0.2, 0.25) is 0 Å². The van der Waals surface area contributed by atoms with Crippen LogP contribution in [0.15, 0.2) is 117 Å². The first kappa shape index (κ1) is 30.9. The first-order valence-corrected chi connectivity index (χ1v) is 15.7. The first-order valence-electron chi connectivity index (χ1n) is 15.7. The average Bonchev–Trinajstić information content (AvgIpc) is 3.86. The van der Waals surface area contributed by atoms with Crippen LogP contribution in [0.25, 0.3) is 22.9 Å². The molecule has 3 aromatic carbocycles. The van der Waals surface area contributed by atoms with Gasteiger partial charge in [-0.1, -0.05) is 71.9 Å². The predicted octanol–water partition coefficient (Wildman–Crippen LogP) is 8.21. The molecule has 3 heterocycles. The van der Waals surface area contributed by atoms with E-state index in [-0.39, 0.29) is 29.5 Å². The lowest BCUT2D eigenvalue weighted by Gasteiger charge is -2.29. The second-order valence-electron chi connectivity index (χ2n) is 12.4. The maximum absolute atomic E-state index is 14.0. The lowest BCUT2D eigenvalue weighted by molar-refractivity contribution is -0.142. The molecule has 49 heavy (non-hydrogen) atoms. The van der Waals surface area contributed by atoms with Crippen molar-refractivity contribution in [1.29, 1.82) is 0 Å². The minimum Gasteiger partial charge on any atom is -0.356 e. The van der Waals surface area contributed by atoms with Gasteiger partial charge in [0.25, 0.3) is 0 Å². The van der Waals surface area contributed by atoms with Crippen LogP contribution in [0.3, 0.4) is 0 Å². The second kappa shape index (κ2) is 11.4. The molecule has 1 fully saturated rings. The monoisotopic (exact) mass is 671 g/mol. The van der Waals surface area contributed by atoms with Crippen LogP contribution >= 0.6 is 0 Å². The molecule has 0 radical (unpaired) electrons. The van der Waals surface area contributed by atoms with Crippen molar-refractivity contribution in [3.8, 4) is 11.3 Å². The Balaban J connectivity index is 1.10. The van der Waals surface area contributed by atoms with Crippen molar-refractivity contribution in [2.75, 3.05) is 6.54 Å². The second-order valence-corrected chi connectivity index (χ2v) is 12.4. The summed E-state index contributed by atoms with van der Waals surface area (Å²) in [5.41, 5.74) is 1.29. The lowest BCUT2D eigenvalue weighted by atomic mass is 9.79. The van der Waals surface area contributed by atoms with Crippen molar-refractivity contribution >= 4 is 23.3 Å². The standard InChI is InChI=1S/C37H27F6N5O/c38-36(39,40)23-13-14-25(27(18-23)37(41,42)43)28-19-30(49-48-28)26-17-22-9-4-5-10-24(22)33(26)29-20-35-31(45-29)11-6-12-32(35)46-34(47-35)44-16-15-21-7-2-1-3-8-21/h1-14,17-19,29,33H,15-16,20H2,(H2,44,46,47). The van der Waals surface area contributed by atoms with E-state index in [0.29, 0.717) is 30.6 Å². The maximum Gasteiger partial charge on any atom is 0.417 e. The van der Waals surface area contributed by atoms with Gasteiger partial charge in [0, 0.05) is 41.8 Å². The molecule has 1 spiro atoms. The molecular formula is C37H27F6N5O. The predicted molar refractivity (Wildman–Crippen MR) is 174 cm³/mol. The number of aliphatic imine (C=N–C) groups is 2. The molecule has 12 heteroatoms. The third-order valence-electron chi connectivity index (χ3n) is 9.42. The Labute approximate surface area is 276 Å². The molecule has 8 rings (SSSR count). The average molecular weight is 672 g/mol. The van der Waals surface area contributed by atoms with E-state index in [1.807, 2.05) is 66.8 Å². The minimum atomic E-state index is -5.05. The summed E-state index contributed by atoms with van der Waals surface area (Å²) in [7, 11) is 0. The van der Waals surface area contributed by atoms with Crippen molar-refractivity contribution in [3.63, 3.8) is 0 Å². The number of allylic oxidation sites excluding steroid dienone is 2. The Kier molecular flexibility index (Phi) is 7.16. The summed E-state index contributed by atoms with van der Waals surface area (Å²) in [5, 5.41) is 10.9. The van der Waals surface area contributed by atoms with Gasteiger partial charge in [0.15, 0.2) is 11.7 Å². The number of fused-ring (bicyclic) bond motifs is 1. The number of nitrogens with zero attached hydrogens (tertiary/aromatic N) is 3. The summed E-state index contributed by atoms with van der Waals surface area (Å²) in [6.45, 7) is 0.581. The van der Waals surface area contributed by atoms with Gasteiger partial charge in [-0.15, -0.1) is 0 Å². The van der Waals surface area contributed by atoms with Crippen LogP contribution in [0.2, 0.25) is 0 Å². The molecule has 2 aliphatic heterocycles. The normalized spacial score (nSPS) is 23.3. The highest BCUT2D eigenvalue weighted by Crippen LogP contribution is 2.51. The Bertz CT molecular complexity index is 2110. The van der Waals surface area contributed by atoms with E-state index in [1.54, 1.807) is 0 Å². The summed E-state index contributed by atoms with van der Waals surface area (Å²) in [4.78, 5) is 9.97. The molecule has 3 atom stereocenters. The van der Waals surface area contributed by atoms with Crippen LogP contribution in [0.1, 0.15) is 45.9 Å². The van der Waals surface area contributed by atoms with Gasteiger partial charge < -0.3 is 15.2 Å². The van der Waals surface area contributed by atoms with Crippen molar-refractivity contribution in [1.82, 2.24) is 15.8 Å². The lowest BCUT2D eigenvalue weighted by Crippen LogP contribution is -2.48. The van der Waals surface area contributed by atoms with Gasteiger partial charge in [0.05, 0.1) is 22.9 Å². The molecule has 6 nitrogen and oxygen atoms in total. The summed E-state index contributed by atoms with van der Waals surface area (Å²) < 4.78 is 87.6. The number of benzene rings is 3. The SMILES string of the molecule is FC(F)(F)c1ccc(-c2cc(C3=Cc4ccccc4C3C3CC45NC(=NCCc6ccccc6)NC4=CC=CC5=N3)on2)c(C(F)(F)F)c1. The van der Waals surface area contributed by atoms with Crippen LogP contribution in [-0.2, 0) is 18.8 Å². The fraction of sp³-hybridized carbons (Fsp3) is 0.216. The minimum absolute atomic E-state index is 0.105. The molecule has 1 saturated heterocycles. The summed E-state index contributed by atoms with van der Waals surface area (Å²) in [5.74, 6) is 0.525. The number of rotatable bonds is 6. The Morgan fingerprint density at radius 1 is 0.918 bits per heavy atom. The molecule has 4 aromatic rings. The number of halogens is 6. The van der Waals surface area contributed by atoms with Crippen LogP contribution in [0.5, 0.6) is 0 Å². The fourth-order valence-electron chi connectivity index (χ4n) is 7.17. The zero-order chi connectivity index (χ0) is 34.0. The molecule has 248 valence electrons. The summed E-state index contributed by atoms with van der Waals surface area (Å²) in [6.07, 6.45) is -0.859. The largest absolute Gasteiger partial charge is 0.417 e. The van der Waals surface area contributed by atoms with E-state index in [2.05, 4.69) is 27.9 Å². The summed E-state index contributed by atoms with van der Waals surface area (Å²) in [6, 6.07) is 20.4.